The van der Waals surface area contributed by atoms with E-state index in [1.54, 1.807) is 0 Å². The van der Waals surface area contributed by atoms with Gasteiger partial charge in [0.25, 0.3) is 0 Å². The Morgan fingerprint density at radius 1 is 1.24 bits per heavy atom. The molecule has 118 valence electrons. The van der Waals surface area contributed by atoms with Gasteiger partial charge in [0.15, 0.2) is 5.82 Å². The predicted molar refractivity (Wildman–Crippen MR) is 85.0 cm³/mol. The minimum Gasteiger partial charge on any atom is -0.367 e. The van der Waals surface area contributed by atoms with E-state index in [1.165, 1.54) is 25.7 Å². The van der Waals surface area contributed by atoms with Crippen LogP contribution in [0.2, 0.25) is 0 Å². The summed E-state index contributed by atoms with van der Waals surface area (Å²) in [6.45, 7) is 4.88. The monoisotopic (exact) mass is 291 g/mol. The third-order valence-electron chi connectivity index (χ3n) is 4.45. The molecule has 2 rings (SSSR count). The van der Waals surface area contributed by atoms with Gasteiger partial charge >= 0.3 is 0 Å². The highest BCUT2D eigenvalue weighted by Gasteiger charge is 2.36. The van der Waals surface area contributed by atoms with Crippen LogP contribution in [0.25, 0.3) is 0 Å². The van der Waals surface area contributed by atoms with E-state index in [9.17, 15) is 0 Å². The van der Waals surface area contributed by atoms with E-state index in [2.05, 4.69) is 18.8 Å². The lowest BCUT2D eigenvalue weighted by molar-refractivity contribution is -0.0625. The maximum Gasteiger partial charge on any atom is 0.160 e. The molecule has 1 aromatic heterocycles. The van der Waals surface area contributed by atoms with E-state index < -0.39 is 0 Å². The Balaban J connectivity index is 2.24. The van der Waals surface area contributed by atoms with Crippen molar-refractivity contribution in [3.63, 3.8) is 0 Å². The van der Waals surface area contributed by atoms with E-state index in [1.807, 2.05) is 12.3 Å². The number of nitrogens with two attached hydrogens (primary N) is 1. The van der Waals surface area contributed by atoms with Crippen LogP contribution in [0, 0.1) is 0 Å². The molecule has 2 N–H and O–H groups in total. The standard InChI is InChI=1S/C17H29N3O/c1-3-14(18)13-15-9-12-19-16(20-15)17(21-4-2)10-7-5-6-8-11-17/h9,12,14H,3-8,10-11,13,18H2,1-2H3. The SMILES string of the molecule is CCOC1(c2nccc(CC(N)CC)n2)CCCCCC1. The van der Waals surface area contributed by atoms with Gasteiger partial charge in [-0.3, -0.25) is 0 Å². The summed E-state index contributed by atoms with van der Waals surface area (Å²) >= 11 is 0. The van der Waals surface area contributed by atoms with Gasteiger partial charge in [-0.2, -0.15) is 0 Å². The summed E-state index contributed by atoms with van der Waals surface area (Å²) in [5, 5.41) is 0. The lowest BCUT2D eigenvalue weighted by Crippen LogP contribution is -2.32. The Kier molecular flexibility index (Phi) is 6.12. The van der Waals surface area contributed by atoms with E-state index in [-0.39, 0.29) is 11.6 Å². The molecule has 1 aliphatic carbocycles. The van der Waals surface area contributed by atoms with E-state index in [0.29, 0.717) is 6.61 Å². The molecular weight excluding hydrogens is 262 g/mol. The number of nitrogens with zero attached hydrogens (tertiary/aromatic N) is 2. The zero-order valence-electron chi connectivity index (χ0n) is 13.5. The zero-order chi connectivity index (χ0) is 15.1. The molecule has 0 aliphatic heterocycles. The Bertz CT molecular complexity index is 428. The highest BCUT2D eigenvalue weighted by atomic mass is 16.5. The summed E-state index contributed by atoms with van der Waals surface area (Å²) in [7, 11) is 0. The fourth-order valence-corrected chi connectivity index (χ4v) is 3.15. The smallest absolute Gasteiger partial charge is 0.160 e. The van der Waals surface area contributed by atoms with Gasteiger partial charge in [-0.1, -0.05) is 32.6 Å². The van der Waals surface area contributed by atoms with Crippen LogP contribution >= 0.6 is 0 Å². The molecule has 0 aromatic carbocycles. The molecule has 21 heavy (non-hydrogen) atoms. The molecule has 1 atom stereocenters. The Morgan fingerprint density at radius 3 is 2.57 bits per heavy atom. The predicted octanol–water partition coefficient (Wildman–Crippen LogP) is 3.34. The second kappa shape index (κ2) is 7.85. The van der Waals surface area contributed by atoms with Crippen LogP contribution in [-0.2, 0) is 16.8 Å². The van der Waals surface area contributed by atoms with E-state index in [0.717, 1.165) is 37.2 Å². The summed E-state index contributed by atoms with van der Waals surface area (Å²) in [4.78, 5) is 9.35. The fourth-order valence-electron chi connectivity index (χ4n) is 3.15. The van der Waals surface area contributed by atoms with Crippen LogP contribution in [0.15, 0.2) is 12.3 Å². The maximum absolute atomic E-state index is 6.17. The molecular formula is C17H29N3O. The second-order valence-corrected chi connectivity index (χ2v) is 6.09. The summed E-state index contributed by atoms with van der Waals surface area (Å²) in [6.07, 6.45) is 10.7. The highest BCUT2D eigenvalue weighted by Crippen LogP contribution is 2.37. The molecule has 0 radical (unpaired) electrons. The van der Waals surface area contributed by atoms with Gasteiger partial charge in [0, 0.05) is 31.0 Å². The molecule has 0 bridgehead atoms. The number of rotatable bonds is 6. The number of hydrogen-bond donors (Lipinski definition) is 1. The van der Waals surface area contributed by atoms with Crippen molar-refractivity contribution in [2.24, 2.45) is 5.73 Å². The van der Waals surface area contributed by atoms with Crippen LogP contribution in [0.1, 0.15) is 70.3 Å². The first-order chi connectivity index (χ1) is 10.2. The van der Waals surface area contributed by atoms with Crippen molar-refractivity contribution >= 4 is 0 Å². The van der Waals surface area contributed by atoms with Crippen LogP contribution in [-0.4, -0.2) is 22.6 Å². The van der Waals surface area contributed by atoms with E-state index >= 15 is 0 Å². The first kappa shape index (κ1) is 16.4. The lowest BCUT2D eigenvalue weighted by atomic mass is 9.92. The van der Waals surface area contributed by atoms with Crippen molar-refractivity contribution in [1.82, 2.24) is 9.97 Å². The molecule has 0 amide bonds. The van der Waals surface area contributed by atoms with Crippen molar-refractivity contribution in [3.8, 4) is 0 Å². The van der Waals surface area contributed by atoms with Gasteiger partial charge in [0.05, 0.1) is 0 Å². The summed E-state index contributed by atoms with van der Waals surface area (Å²) in [5.74, 6) is 0.868. The molecule has 1 heterocycles. The van der Waals surface area contributed by atoms with Crippen LogP contribution < -0.4 is 5.73 Å². The third-order valence-corrected chi connectivity index (χ3v) is 4.45. The minimum atomic E-state index is -0.280. The molecule has 0 saturated heterocycles. The largest absolute Gasteiger partial charge is 0.367 e. The Morgan fingerprint density at radius 2 is 1.95 bits per heavy atom. The second-order valence-electron chi connectivity index (χ2n) is 6.09. The van der Waals surface area contributed by atoms with Gasteiger partial charge in [0.2, 0.25) is 0 Å². The summed E-state index contributed by atoms with van der Waals surface area (Å²) < 4.78 is 6.17. The van der Waals surface area contributed by atoms with Gasteiger partial charge in [-0.25, -0.2) is 9.97 Å². The Hall–Kier alpha value is -1.00. The molecule has 4 nitrogen and oxygen atoms in total. The molecule has 1 aliphatic rings. The normalized spacial score (nSPS) is 20.0. The molecule has 1 aromatic rings. The highest BCUT2D eigenvalue weighted by molar-refractivity contribution is 5.10. The summed E-state index contributed by atoms with van der Waals surface area (Å²) in [5.41, 5.74) is 6.82. The van der Waals surface area contributed by atoms with Crippen molar-refractivity contribution in [2.45, 2.75) is 76.9 Å². The van der Waals surface area contributed by atoms with Crippen molar-refractivity contribution in [2.75, 3.05) is 6.61 Å². The average molecular weight is 291 g/mol. The molecule has 0 spiro atoms. The van der Waals surface area contributed by atoms with E-state index in [4.69, 9.17) is 15.5 Å². The van der Waals surface area contributed by atoms with Crippen molar-refractivity contribution < 1.29 is 4.74 Å². The Labute approximate surface area is 128 Å². The topological polar surface area (TPSA) is 61.0 Å². The average Bonchev–Trinajstić information content (AvgIpc) is 2.74. The minimum absolute atomic E-state index is 0.171. The maximum atomic E-state index is 6.17. The van der Waals surface area contributed by atoms with Gasteiger partial charge in [0.1, 0.15) is 5.60 Å². The first-order valence-corrected chi connectivity index (χ1v) is 8.42. The van der Waals surface area contributed by atoms with Gasteiger partial charge in [-0.05, 0) is 32.3 Å². The zero-order valence-corrected chi connectivity index (χ0v) is 13.5. The fraction of sp³-hybridized carbons (Fsp3) is 0.765. The van der Waals surface area contributed by atoms with Crippen LogP contribution in [0.4, 0.5) is 0 Å². The quantitative estimate of drug-likeness (QED) is 0.817. The lowest BCUT2D eigenvalue weighted by Gasteiger charge is -2.31. The first-order valence-electron chi connectivity index (χ1n) is 8.42. The molecule has 1 saturated carbocycles. The third kappa shape index (κ3) is 4.24. The van der Waals surface area contributed by atoms with Crippen molar-refractivity contribution in [1.29, 1.82) is 0 Å². The van der Waals surface area contributed by atoms with Crippen LogP contribution in [0.5, 0.6) is 0 Å². The number of ether oxygens (including phenoxy) is 1. The van der Waals surface area contributed by atoms with Gasteiger partial charge in [-0.15, -0.1) is 0 Å². The molecule has 1 fully saturated rings. The van der Waals surface area contributed by atoms with Crippen LogP contribution in [0.3, 0.4) is 0 Å². The molecule has 1 unspecified atom stereocenters. The number of aromatic nitrogens is 2. The molecule has 4 heteroatoms. The van der Waals surface area contributed by atoms with Gasteiger partial charge < -0.3 is 10.5 Å². The summed E-state index contributed by atoms with van der Waals surface area (Å²) in [6, 6.07) is 2.15. The van der Waals surface area contributed by atoms with Crippen molar-refractivity contribution in [3.05, 3.63) is 23.8 Å². The number of hydrogen-bond acceptors (Lipinski definition) is 4.